The van der Waals surface area contributed by atoms with E-state index in [0.717, 1.165) is 6.42 Å². The lowest BCUT2D eigenvalue weighted by atomic mass is 10.0. The van der Waals surface area contributed by atoms with E-state index in [0.29, 0.717) is 25.4 Å². The van der Waals surface area contributed by atoms with E-state index in [9.17, 15) is 9.69 Å². The molecule has 0 heterocycles. The zero-order valence-electron chi connectivity index (χ0n) is 22.9. The zero-order chi connectivity index (χ0) is 26.3. The maximum Gasteiger partial charge on any atom is 0.330 e. The minimum atomic E-state index is -2.02. The first-order valence-corrected chi connectivity index (χ1v) is 14.9. The third-order valence-corrected chi connectivity index (χ3v) is 6.81. The number of rotatable bonds is 25. The maximum atomic E-state index is 10.8. The molecule has 7 nitrogen and oxygen atoms in total. The Morgan fingerprint density at radius 1 is 0.861 bits per heavy atom. The Balaban J connectivity index is 2.13. The Labute approximate surface area is 220 Å². The number of hydrogen-bond acceptors (Lipinski definition) is 7. The molecule has 0 aromatic heterocycles. The SMILES string of the molecule is CCCCCCCCCCCCCCc1ccc(OCC(COP(O)OCCN(C)C)OC=O)cc1. The Kier molecular flexibility index (Phi) is 20.9. The van der Waals surface area contributed by atoms with E-state index < -0.39 is 14.7 Å². The standard InChI is InChI=1S/C28H50NO6P/c1-4-5-6-7-8-9-10-11-12-13-14-15-16-26-17-19-27(20-18-26)32-23-28(33-25-30)24-35-36(31)34-22-21-29(2)3/h17-20,25,28,31H,4-16,21-24H2,1-3H3. The van der Waals surface area contributed by atoms with Crippen LogP contribution in [-0.4, -0.2) is 62.8 Å². The Morgan fingerprint density at radius 3 is 2.00 bits per heavy atom. The highest BCUT2D eigenvalue weighted by molar-refractivity contribution is 7.40. The summed E-state index contributed by atoms with van der Waals surface area (Å²) in [6.07, 6.45) is 16.8. The molecule has 0 spiro atoms. The first-order chi connectivity index (χ1) is 17.5. The van der Waals surface area contributed by atoms with E-state index >= 15 is 0 Å². The number of ether oxygens (including phenoxy) is 2. The first-order valence-electron chi connectivity index (χ1n) is 13.8. The van der Waals surface area contributed by atoms with Crippen molar-refractivity contribution in [2.24, 2.45) is 0 Å². The molecule has 0 saturated heterocycles. The van der Waals surface area contributed by atoms with Crippen LogP contribution in [0, 0.1) is 0 Å². The van der Waals surface area contributed by atoms with Crippen molar-refractivity contribution in [3.05, 3.63) is 29.8 Å². The molecule has 2 atom stereocenters. The lowest BCUT2D eigenvalue weighted by Gasteiger charge is -2.18. The summed E-state index contributed by atoms with van der Waals surface area (Å²) in [4.78, 5) is 22.5. The molecule has 1 rings (SSSR count). The highest BCUT2D eigenvalue weighted by Crippen LogP contribution is 2.32. The van der Waals surface area contributed by atoms with Crippen LogP contribution in [0.5, 0.6) is 5.75 Å². The summed E-state index contributed by atoms with van der Waals surface area (Å²) < 4.78 is 21.2. The maximum absolute atomic E-state index is 10.8. The molecule has 0 saturated carbocycles. The third-order valence-electron chi connectivity index (χ3n) is 6.04. The molecule has 0 aliphatic rings. The molecular weight excluding hydrogens is 477 g/mol. The molecule has 208 valence electrons. The number of hydrogen-bond donors (Lipinski definition) is 1. The van der Waals surface area contributed by atoms with Crippen molar-refractivity contribution in [1.82, 2.24) is 4.90 Å². The number of benzene rings is 1. The summed E-state index contributed by atoms with van der Waals surface area (Å²) in [5.41, 5.74) is 1.30. The van der Waals surface area contributed by atoms with Crippen molar-refractivity contribution in [3.8, 4) is 5.75 Å². The fourth-order valence-corrected chi connectivity index (χ4v) is 4.41. The molecule has 1 aromatic carbocycles. The number of carbonyl (C=O) groups excluding carboxylic acids is 1. The minimum Gasteiger partial charge on any atom is -0.490 e. The highest BCUT2D eigenvalue weighted by Gasteiger charge is 2.16. The van der Waals surface area contributed by atoms with Crippen LogP contribution in [-0.2, 0) is 25.0 Å². The van der Waals surface area contributed by atoms with Crippen LogP contribution in [0.2, 0.25) is 0 Å². The van der Waals surface area contributed by atoms with Crippen molar-refractivity contribution >= 4 is 15.1 Å². The molecule has 1 N–H and O–H groups in total. The Morgan fingerprint density at radius 2 is 1.44 bits per heavy atom. The van der Waals surface area contributed by atoms with E-state index in [1.165, 1.54) is 82.6 Å². The van der Waals surface area contributed by atoms with Crippen molar-refractivity contribution in [2.75, 3.05) is 40.5 Å². The monoisotopic (exact) mass is 527 g/mol. The van der Waals surface area contributed by atoms with Gasteiger partial charge in [-0.15, -0.1) is 0 Å². The summed E-state index contributed by atoms with van der Waals surface area (Å²) in [6.45, 7) is 3.80. The van der Waals surface area contributed by atoms with Crippen molar-refractivity contribution in [2.45, 2.75) is 96.5 Å². The molecular formula is C28H50NO6P. The summed E-state index contributed by atoms with van der Waals surface area (Å²) in [5, 5.41) is 0. The molecule has 2 unspecified atom stereocenters. The van der Waals surface area contributed by atoms with Gasteiger partial charge in [0.25, 0.3) is 6.47 Å². The van der Waals surface area contributed by atoms with Gasteiger partial charge in [0.15, 0.2) is 6.10 Å². The van der Waals surface area contributed by atoms with Gasteiger partial charge in [0.1, 0.15) is 12.4 Å². The van der Waals surface area contributed by atoms with E-state index in [2.05, 4.69) is 19.1 Å². The summed E-state index contributed by atoms with van der Waals surface area (Å²) in [6, 6.07) is 8.06. The van der Waals surface area contributed by atoms with E-state index in [-0.39, 0.29) is 13.2 Å². The molecule has 0 aliphatic heterocycles. The van der Waals surface area contributed by atoms with Crippen molar-refractivity contribution in [1.29, 1.82) is 0 Å². The number of carbonyl (C=O) groups is 1. The van der Waals surface area contributed by atoms with Gasteiger partial charge < -0.3 is 28.3 Å². The van der Waals surface area contributed by atoms with Gasteiger partial charge in [-0.05, 0) is 44.6 Å². The minimum absolute atomic E-state index is 0.0000494. The van der Waals surface area contributed by atoms with Crippen LogP contribution in [0.25, 0.3) is 0 Å². The van der Waals surface area contributed by atoms with Gasteiger partial charge in [-0.25, -0.2) is 0 Å². The third kappa shape index (κ3) is 18.9. The van der Waals surface area contributed by atoms with Gasteiger partial charge in [0.05, 0.1) is 13.2 Å². The first kappa shape index (κ1) is 32.8. The second kappa shape index (κ2) is 22.9. The largest absolute Gasteiger partial charge is 0.490 e. The highest BCUT2D eigenvalue weighted by atomic mass is 31.2. The summed E-state index contributed by atoms with van der Waals surface area (Å²) in [7, 11) is 1.82. The second-order valence-electron chi connectivity index (χ2n) is 9.62. The van der Waals surface area contributed by atoms with Gasteiger partial charge in [-0.1, -0.05) is 89.7 Å². The molecule has 0 amide bonds. The zero-order valence-corrected chi connectivity index (χ0v) is 23.8. The fraction of sp³-hybridized carbons (Fsp3) is 0.750. The van der Waals surface area contributed by atoms with Crippen LogP contribution >= 0.6 is 8.60 Å². The number of aryl methyl sites for hydroxylation is 1. The molecule has 1 aromatic rings. The number of nitrogens with zero attached hydrogens (tertiary/aromatic N) is 1. The normalized spacial score (nSPS) is 13.0. The molecule has 0 aliphatic carbocycles. The molecule has 36 heavy (non-hydrogen) atoms. The average molecular weight is 528 g/mol. The van der Waals surface area contributed by atoms with Gasteiger partial charge in [-0.2, -0.15) is 0 Å². The molecule has 0 radical (unpaired) electrons. The van der Waals surface area contributed by atoms with Gasteiger partial charge in [0, 0.05) is 6.54 Å². The number of likely N-dealkylation sites (N-methyl/N-ethyl adjacent to an activating group) is 1. The second-order valence-corrected chi connectivity index (χ2v) is 10.6. The van der Waals surface area contributed by atoms with Crippen LogP contribution in [0.1, 0.15) is 89.5 Å². The van der Waals surface area contributed by atoms with Crippen LogP contribution < -0.4 is 4.74 Å². The Hall–Kier alpha value is -1.24. The smallest absolute Gasteiger partial charge is 0.330 e. The quantitative estimate of drug-likeness (QED) is 0.0865. The van der Waals surface area contributed by atoms with Gasteiger partial charge in [0.2, 0.25) is 0 Å². The fourth-order valence-electron chi connectivity index (χ4n) is 3.80. The van der Waals surface area contributed by atoms with Crippen LogP contribution in [0.15, 0.2) is 24.3 Å². The predicted molar refractivity (Wildman–Crippen MR) is 147 cm³/mol. The summed E-state index contributed by atoms with van der Waals surface area (Å²) >= 11 is 0. The Bertz CT molecular complexity index is 631. The van der Waals surface area contributed by atoms with Crippen molar-refractivity contribution < 1.29 is 28.2 Å². The van der Waals surface area contributed by atoms with Gasteiger partial charge in [-0.3, -0.25) is 4.79 Å². The lowest BCUT2D eigenvalue weighted by molar-refractivity contribution is -0.136. The molecule has 0 bridgehead atoms. The predicted octanol–water partition coefficient (Wildman–Crippen LogP) is 6.66. The van der Waals surface area contributed by atoms with Gasteiger partial charge >= 0.3 is 8.60 Å². The lowest BCUT2D eigenvalue weighted by Crippen LogP contribution is -2.26. The van der Waals surface area contributed by atoms with E-state index in [1.54, 1.807) is 0 Å². The van der Waals surface area contributed by atoms with E-state index in [4.69, 9.17) is 18.5 Å². The van der Waals surface area contributed by atoms with E-state index in [1.807, 2.05) is 31.1 Å². The average Bonchev–Trinajstić information content (AvgIpc) is 2.87. The van der Waals surface area contributed by atoms with Crippen LogP contribution in [0.4, 0.5) is 0 Å². The topological polar surface area (TPSA) is 77.5 Å². The van der Waals surface area contributed by atoms with Crippen LogP contribution in [0.3, 0.4) is 0 Å². The molecule has 0 fully saturated rings. The molecule has 8 heteroatoms. The van der Waals surface area contributed by atoms with Crippen molar-refractivity contribution in [3.63, 3.8) is 0 Å². The summed E-state index contributed by atoms with van der Waals surface area (Å²) in [5.74, 6) is 0.710. The number of unbranched alkanes of at least 4 members (excludes halogenated alkanes) is 11.